The maximum atomic E-state index is 4.13. The van der Waals surface area contributed by atoms with E-state index in [2.05, 4.69) is 40.3 Å². The van der Waals surface area contributed by atoms with Crippen LogP contribution >= 0.6 is 0 Å². The Hall–Kier alpha value is -0.970. The molecule has 1 aromatic rings. The van der Waals surface area contributed by atoms with Gasteiger partial charge in [0.15, 0.2) is 0 Å². The number of aromatic nitrogens is 1. The van der Waals surface area contributed by atoms with E-state index in [4.69, 9.17) is 0 Å². The van der Waals surface area contributed by atoms with Gasteiger partial charge < -0.3 is 15.1 Å². The molecule has 1 aliphatic rings. The van der Waals surface area contributed by atoms with Crippen LogP contribution in [0.15, 0.2) is 24.5 Å². The SMILES string of the molecule is CN1CCC(CN(C)CCNCc2cccnc2)CC1. The highest BCUT2D eigenvalue weighted by Gasteiger charge is 2.17. The Kier molecular flexibility index (Phi) is 6.43. The standard InChI is InChI=1S/C16H28N4/c1-19-9-5-15(6-10-19)14-20(2)11-8-18-13-16-4-3-7-17-12-16/h3-4,7,12,15,18H,5-6,8-11,13-14H2,1-2H3. The molecular formula is C16H28N4. The molecule has 0 aromatic carbocycles. The van der Waals surface area contributed by atoms with Crippen molar-refractivity contribution in [3.63, 3.8) is 0 Å². The van der Waals surface area contributed by atoms with Crippen molar-refractivity contribution in [3.05, 3.63) is 30.1 Å². The quantitative estimate of drug-likeness (QED) is 0.764. The monoisotopic (exact) mass is 276 g/mol. The predicted molar refractivity (Wildman–Crippen MR) is 83.7 cm³/mol. The van der Waals surface area contributed by atoms with Crippen LogP contribution in [-0.4, -0.2) is 61.6 Å². The Morgan fingerprint density at radius 1 is 1.40 bits per heavy atom. The van der Waals surface area contributed by atoms with Crippen molar-refractivity contribution in [2.45, 2.75) is 19.4 Å². The van der Waals surface area contributed by atoms with E-state index < -0.39 is 0 Å². The lowest BCUT2D eigenvalue weighted by Gasteiger charge is -2.31. The lowest BCUT2D eigenvalue weighted by Crippen LogP contribution is -2.37. The molecule has 0 aliphatic carbocycles. The topological polar surface area (TPSA) is 31.4 Å². The molecule has 1 aliphatic heterocycles. The predicted octanol–water partition coefficient (Wildman–Crippen LogP) is 1.44. The minimum atomic E-state index is 0.884. The van der Waals surface area contributed by atoms with Crippen molar-refractivity contribution in [2.75, 3.05) is 46.8 Å². The first-order chi connectivity index (χ1) is 9.74. The second-order valence-corrected chi connectivity index (χ2v) is 6.05. The summed E-state index contributed by atoms with van der Waals surface area (Å²) in [6.45, 7) is 6.83. The number of piperidine rings is 1. The molecule has 2 rings (SSSR count). The highest BCUT2D eigenvalue weighted by molar-refractivity contribution is 5.07. The number of nitrogens with zero attached hydrogens (tertiary/aromatic N) is 3. The Bertz CT molecular complexity index is 360. The number of likely N-dealkylation sites (N-methyl/N-ethyl adjacent to an activating group) is 1. The summed E-state index contributed by atoms with van der Waals surface area (Å²) in [5, 5.41) is 3.49. The van der Waals surface area contributed by atoms with Crippen LogP contribution in [0.5, 0.6) is 0 Å². The highest BCUT2D eigenvalue weighted by Crippen LogP contribution is 2.16. The fourth-order valence-electron chi connectivity index (χ4n) is 2.78. The first-order valence-corrected chi connectivity index (χ1v) is 7.71. The maximum absolute atomic E-state index is 4.13. The highest BCUT2D eigenvalue weighted by atomic mass is 15.1. The minimum absolute atomic E-state index is 0.884. The van der Waals surface area contributed by atoms with Gasteiger partial charge in [-0.2, -0.15) is 0 Å². The van der Waals surface area contributed by atoms with Crippen LogP contribution in [0.3, 0.4) is 0 Å². The summed E-state index contributed by atoms with van der Waals surface area (Å²) in [6, 6.07) is 4.10. The van der Waals surface area contributed by atoms with Crippen LogP contribution < -0.4 is 5.32 Å². The van der Waals surface area contributed by atoms with Crippen molar-refractivity contribution in [2.24, 2.45) is 5.92 Å². The van der Waals surface area contributed by atoms with Crippen LogP contribution in [0.2, 0.25) is 0 Å². The van der Waals surface area contributed by atoms with Gasteiger partial charge in [-0.05, 0) is 57.6 Å². The normalized spacial score (nSPS) is 17.8. The van der Waals surface area contributed by atoms with Gasteiger partial charge in [0.2, 0.25) is 0 Å². The number of rotatable bonds is 7. The van der Waals surface area contributed by atoms with Crippen molar-refractivity contribution < 1.29 is 0 Å². The fourth-order valence-corrected chi connectivity index (χ4v) is 2.78. The van der Waals surface area contributed by atoms with Gasteiger partial charge in [0, 0.05) is 38.6 Å². The molecule has 1 fully saturated rings. The summed E-state index contributed by atoms with van der Waals surface area (Å²) in [5.41, 5.74) is 1.26. The molecule has 0 saturated carbocycles. The van der Waals surface area contributed by atoms with Gasteiger partial charge in [0.1, 0.15) is 0 Å². The lowest BCUT2D eigenvalue weighted by molar-refractivity contribution is 0.176. The van der Waals surface area contributed by atoms with E-state index in [1.54, 1.807) is 0 Å². The summed E-state index contributed by atoms with van der Waals surface area (Å²) >= 11 is 0. The third kappa shape index (κ3) is 5.57. The molecule has 2 heterocycles. The molecule has 4 nitrogen and oxygen atoms in total. The van der Waals surface area contributed by atoms with E-state index in [1.807, 2.05) is 18.5 Å². The first-order valence-electron chi connectivity index (χ1n) is 7.71. The Morgan fingerprint density at radius 2 is 2.20 bits per heavy atom. The summed E-state index contributed by atoms with van der Waals surface area (Å²) in [6.07, 6.45) is 6.45. The van der Waals surface area contributed by atoms with Crippen molar-refractivity contribution in [1.29, 1.82) is 0 Å². The molecule has 1 aromatic heterocycles. The first kappa shape index (κ1) is 15.4. The van der Waals surface area contributed by atoms with Gasteiger partial charge in [0.25, 0.3) is 0 Å². The molecule has 112 valence electrons. The van der Waals surface area contributed by atoms with Crippen molar-refractivity contribution >= 4 is 0 Å². The Morgan fingerprint density at radius 3 is 2.90 bits per heavy atom. The number of hydrogen-bond donors (Lipinski definition) is 1. The summed E-state index contributed by atoms with van der Waals surface area (Å²) in [7, 11) is 4.46. The second kappa shape index (κ2) is 8.35. The third-order valence-electron chi connectivity index (χ3n) is 4.13. The van der Waals surface area contributed by atoms with Crippen LogP contribution in [0.25, 0.3) is 0 Å². The van der Waals surface area contributed by atoms with Gasteiger partial charge in [-0.15, -0.1) is 0 Å². The average molecular weight is 276 g/mol. The van der Waals surface area contributed by atoms with Crippen LogP contribution in [0, 0.1) is 5.92 Å². The average Bonchev–Trinajstić information content (AvgIpc) is 2.47. The van der Waals surface area contributed by atoms with Crippen LogP contribution in [-0.2, 0) is 6.54 Å². The van der Waals surface area contributed by atoms with Crippen LogP contribution in [0.4, 0.5) is 0 Å². The van der Waals surface area contributed by atoms with E-state index in [9.17, 15) is 0 Å². The molecule has 0 bridgehead atoms. The number of likely N-dealkylation sites (tertiary alicyclic amines) is 1. The molecule has 1 N–H and O–H groups in total. The van der Waals surface area contributed by atoms with Crippen molar-refractivity contribution in [1.82, 2.24) is 20.1 Å². The van der Waals surface area contributed by atoms with E-state index in [0.29, 0.717) is 0 Å². The molecule has 0 radical (unpaired) electrons. The molecule has 20 heavy (non-hydrogen) atoms. The Balaban J connectivity index is 1.55. The number of nitrogens with one attached hydrogen (secondary N) is 1. The largest absolute Gasteiger partial charge is 0.311 e. The summed E-state index contributed by atoms with van der Waals surface area (Å²) in [5.74, 6) is 0.884. The Labute approximate surface area is 123 Å². The van der Waals surface area contributed by atoms with Gasteiger partial charge in [-0.3, -0.25) is 4.98 Å². The van der Waals surface area contributed by atoms with Gasteiger partial charge in [0.05, 0.1) is 0 Å². The van der Waals surface area contributed by atoms with E-state index in [0.717, 1.165) is 25.6 Å². The number of pyridine rings is 1. The van der Waals surface area contributed by atoms with Gasteiger partial charge in [-0.25, -0.2) is 0 Å². The molecule has 4 heteroatoms. The van der Waals surface area contributed by atoms with Crippen molar-refractivity contribution in [3.8, 4) is 0 Å². The molecule has 0 amide bonds. The maximum Gasteiger partial charge on any atom is 0.0312 e. The molecular weight excluding hydrogens is 248 g/mol. The zero-order valence-electron chi connectivity index (χ0n) is 12.9. The fraction of sp³-hybridized carbons (Fsp3) is 0.688. The van der Waals surface area contributed by atoms with E-state index in [-0.39, 0.29) is 0 Å². The lowest BCUT2D eigenvalue weighted by atomic mass is 9.97. The number of hydrogen-bond acceptors (Lipinski definition) is 4. The summed E-state index contributed by atoms with van der Waals surface area (Å²) in [4.78, 5) is 9.03. The molecule has 1 saturated heterocycles. The summed E-state index contributed by atoms with van der Waals surface area (Å²) < 4.78 is 0. The molecule has 0 atom stereocenters. The second-order valence-electron chi connectivity index (χ2n) is 6.05. The smallest absolute Gasteiger partial charge is 0.0312 e. The third-order valence-corrected chi connectivity index (χ3v) is 4.13. The van der Waals surface area contributed by atoms with Crippen LogP contribution in [0.1, 0.15) is 18.4 Å². The molecule has 0 unspecified atom stereocenters. The molecule has 0 spiro atoms. The van der Waals surface area contributed by atoms with E-state index in [1.165, 1.54) is 38.0 Å². The van der Waals surface area contributed by atoms with Gasteiger partial charge in [-0.1, -0.05) is 6.07 Å². The zero-order valence-corrected chi connectivity index (χ0v) is 12.9. The zero-order chi connectivity index (χ0) is 14.2. The minimum Gasteiger partial charge on any atom is -0.311 e. The van der Waals surface area contributed by atoms with Gasteiger partial charge >= 0.3 is 0 Å². The van der Waals surface area contributed by atoms with E-state index >= 15 is 0 Å².